The SMILES string of the molecule is CCC(CC)C(=O)C(C#N)C#N. The maximum absolute atomic E-state index is 11.3. The molecule has 0 N–H and O–H groups in total. The van der Waals surface area contributed by atoms with Gasteiger partial charge in [0.15, 0.2) is 11.7 Å². The first-order valence-corrected chi connectivity index (χ1v) is 4.04. The van der Waals surface area contributed by atoms with Crippen LogP contribution < -0.4 is 0 Å². The van der Waals surface area contributed by atoms with E-state index in [4.69, 9.17) is 10.5 Å². The predicted octanol–water partition coefficient (Wildman–Crippen LogP) is 1.66. The highest BCUT2D eigenvalue weighted by atomic mass is 16.1. The average Bonchev–Trinajstić information content (AvgIpc) is 2.09. The number of hydrogen-bond acceptors (Lipinski definition) is 3. The van der Waals surface area contributed by atoms with Gasteiger partial charge in [0, 0.05) is 5.92 Å². The fraction of sp³-hybridized carbons (Fsp3) is 0.667. The van der Waals surface area contributed by atoms with Gasteiger partial charge in [-0.1, -0.05) is 13.8 Å². The summed E-state index contributed by atoms with van der Waals surface area (Å²) in [6, 6.07) is 3.38. The highest BCUT2D eigenvalue weighted by molar-refractivity contribution is 5.87. The van der Waals surface area contributed by atoms with Crippen molar-refractivity contribution < 1.29 is 4.79 Å². The van der Waals surface area contributed by atoms with Gasteiger partial charge in [-0.3, -0.25) is 4.79 Å². The smallest absolute Gasteiger partial charge is 0.191 e. The van der Waals surface area contributed by atoms with Crippen molar-refractivity contribution in [2.24, 2.45) is 11.8 Å². The van der Waals surface area contributed by atoms with Crippen LogP contribution in [-0.4, -0.2) is 5.78 Å². The summed E-state index contributed by atoms with van der Waals surface area (Å²) in [5.74, 6) is -1.44. The van der Waals surface area contributed by atoms with Crippen LogP contribution >= 0.6 is 0 Å². The molecule has 0 aliphatic heterocycles. The van der Waals surface area contributed by atoms with Crippen LogP contribution in [-0.2, 0) is 4.79 Å². The number of carbonyl (C=O) groups excluding carboxylic acids is 1. The molecule has 3 nitrogen and oxygen atoms in total. The zero-order valence-corrected chi connectivity index (χ0v) is 7.37. The number of rotatable bonds is 4. The van der Waals surface area contributed by atoms with Gasteiger partial charge in [-0.15, -0.1) is 0 Å². The van der Waals surface area contributed by atoms with E-state index >= 15 is 0 Å². The number of carbonyl (C=O) groups is 1. The highest BCUT2D eigenvalue weighted by Gasteiger charge is 2.23. The maximum atomic E-state index is 11.3. The second-order valence-electron chi connectivity index (χ2n) is 2.61. The van der Waals surface area contributed by atoms with Gasteiger partial charge >= 0.3 is 0 Å². The maximum Gasteiger partial charge on any atom is 0.191 e. The lowest BCUT2D eigenvalue weighted by Crippen LogP contribution is -2.20. The molecule has 3 heteroatoms. The molecule has 0 bridgehead atoms. The summed E-state index contributed by atoms with van der Waals surface area (Å²) in [5, 5.41) is 16.9. The summed E-state index contributed by atoms with van der Waals surface area (Å²) in [5.41, 5.74) is 0. The van der Waals surface area contributed by atoms with Crippen molar-refractivity contribution in [2.45, 2.75) is 26.7 Å². The third-order valence-electron chi connectivity index (χ3n) is 1.93. The molecule has 0 aliphatic rings. The fourth-order valence-corrected chi connectivity index (χ4v) is 1.08. The van der Waals surface area contributed by atoms with Crippen LogP contribution in [0.1, 0.15) is 26.7 Å². The van der Waals surface area contributed by atoms with Crippen LogP contribution in [0.25, 0.3) is 0 Å². The molecule has 0 rings (SSSR count). The number of nitriles is 2. The van der Waals surface area contributed by atoms with Crippen LogP contribution in [0.4, 0.5) is 0 Å². The Morgan fingerprint density at radius 2 is 1.67 bits per heavy atom. The lowest BCUT2D eigenvalue weighted by atomic mass is 9.90. The lowest BCUT2D eigenvalue weighted by molar-refractivity contribution is -0.124. The molecule has 0 atom stereocenters. The first-order chi connectivity index (χ1) is 5.71. The van der Waals surface area contributed by atoms with E-state index in [0.717, 1.165) is 0 Å². The normalized spacial score (nSPS) is 9.50. The van der Waals surface area contributed by atoms with Crippen LogP contribution in [0, 0.1) is 34.5 Å². The predicted molar refractivity (Wildman–Crippen MR) is 43.8 cm³/mol. The van der Waals surface area contributed by atoms with E-state index in [1.54, 1.807) is 12.1 Å². The molecule has 64 valence electrons. The van der Waals surface area contributed by atoms with E-state index in [9.17, 15) is 4.79 Å². The van der Waals surface area contributed by atoms with Gasteiger partial charge in [0.1, 0.15) is 0 Å². The second kappa shape index (κ2) is 5.32. The van der Waals surface area contributed by atoms with Crippen LogP contribution in [0.15, 0.2) is 0 Å². The average molecular weight is 164 g/mol. The Morgan fingerprint density at radius 3 is 1.92 bits per heavy atom. The van der Waals surface area contributed by atoms with Crippen molar-refractivity contribution in [1.29, 1.82) is 10.5 Å². The zero-order valence-electron chi connectivity index (χ0n) is 7.37. The van der Waals surface area contributed by atoms with Crippen molar-refractivity contribution >= 4 is 5.78 Å². The van der Waals surface area contributed by atoms with Crippen molar-refractivity contribution in [3.8, 4) is 12.1 Å². The molecule has 0 heterocycles. The summed E-state index contributed by atoms with van der Waals surface area (Å²) < 4.78 is 0. The van der Waals surface area contributed by atoms with Crippen molar-refractivity contribution in [1.82, 2.24) is 0 Å². The summed E-state index contributed by atoms with van der Waals surface area (Å²) in [4.78, 5) is 11.3. The molecule has 0 spiro atoms. The monoisotopic (exact) mass is 164 g/mol. The lowest BCUT2D eigenvalue weighted by Gasteiger charge is -2.09. The molecule has 0 aromatic rings. The summed E-state index contributed by atoms with van der Waals surface area (Å²) in [6.07, 6.45) is 1.41. The Hall–Kier alpha value is -1.35. The summed E-state index contributed by atoms with van der Waals surface area (Å²) in [7, 11) is 0. The Labute approximate surface area is 72.6 Å². The second-order valence-corrected chi connectivity index (χ2v) is 2.61. The summed E-state index contributed by atoms with van der Waals surface area (Å²) >= 11 is 0. The number of nitrogens with zero attached hydrogens (tertiary/aromatic N) is 2. The van der Waals surface area contributed by atoms with Gasteiger partial charge < -0.3 is 0 Å². The minimum atomic E-state index is -1.07. The third kappa shape index (κ3) is 2.36. The molecule has 0 saturated carbocycles. The highest BCUT2D eigenvalue weighted by Crippen LogP contribution is 2.13. The van der Waals surface area contributed by atoms with Gasteiger partial charge in [-0.05, 0) is 12.8 Å². The molecule has 0 radical (unpaired) electrons. The molecule has 0 aromatic carbocycles. The minimum Gasteiger partial charge on any atom is -0.297 e. The quantitative estimate of drug-likeness (QED) is 0.634. The first-order valence-electron chi connectivity index (χ1n) is 4.04. The molecular formula is C9H12N2O. The van der Waals surface area contributed by atoms with Gasteiger partial charge in [0.05, 0.1) is 12.1 Å². The Kier molecular flexibility index (Phi) is 4.72. The molecule has 0 aliphatic carbocycles. The third-order valence-corrected chi connectivity index (χ3v) is 1.93. The molecule has 0 unspecified atom stereocenters. The van der Waals surface area contributed by atoms with E-state index in [2.05, 4.69) is 0 Å². The largest absolute Gasteiger partial charge is 0.297 e. The Bertz CT molecular complexity index is 216. The molecule has 0 saturated heterocycles. The minimum absolute atomic E-state index is 0.130. The summed E-state index contributed by atoms with van der Waals surface area (Å²) in [6.45, 7) is 3.77. The Morgan fingerprint density at radius 1 is 1.25 bits per heavy atom. The topological polar surface area (TPSA) is 64.7 Å². The van der Waals surface area contributed by atoms with E-state index in [1.807, 2.05) is 13.8 Å². The molecular weight excluding hydrogens is 152 g/mol. The van der Waals surface area contributed by atoms with Crippen molar-refractivity contribution in [2.75, 3.05) is 0 Å². The fourth-order valence-electron chi connectivity index (χ4n) is 1.08. The first kappa shape index (κ1) is 10.7. The van der Waals surface area contributed by atoms with Crippen LogP contribution in [0.5, 0.6) is 0 Å². The number of ketones is 1. The zero-order chi connectivity index (χ0) is 9.56. The van der Waals surface area contributed by atoms with E-state index in [1.165, 1.54) is 0 Å². The number of Topliss-reactive ketones (excluding diaryl/α,β-unsaturated/α-hetero) is 1. The van der Waals surface area contributed by atoms with Crippen molar-refractivity contribution in [3.05, 3.63) is 0 Å². The molecule has 12 heavy (non-hydrogen) atoms. The van der Waals surface area contributed by atoms with Gasteiger partial charge in [0.2, 0.25) is 0 Å². The van der Waals surface area contributed by atoms with Crippen molar-refractivity contribution in [3.63, 3.8) is 0 Å². The number of hydrogen-bond donors (Lipinski definition) is 0. The van der Waals surface area contributed by atoms with Gasteiger partial charge in [-0.25, -0.2) is 0 Å². The standard InChI is InChI=1S/C9H12N2O/c1-3-7(4-2)9(12)8(5-10)6-11/h7-8H,3-4H2,1-2H3. The van der Waals surface area contributed by atoms with Crippen LogP contribution in [0.2, 0.25) is 0 Å². The van der Waals surface area contributed by atoms with E-state index in [-0.39, 0.29) is 11.7 Å². The van der Waals surface area contributed by atoms with E-state index < -0.39 is 5.92 Å². The van der Waals surface area contributed by atoms with Crippen LogP contribution in [0.3, 0.4) is 0 Å². The van der Waals surface area contributed by atoms with Gasteiger partial charge in [0.25, 0.3) is 0 Å². The molecule has 0 amide bonds. The molecule has 0 aromatic heterocycles. The van der Waals surface area contributed by atoms with E-state index in [0.29, 0.717) is 12.8 Å². The molecule has 0 fully saturated rings. The van der Waals surface area contributed by atoms with Gasteiger partial charge in [-0.2, -0.15) is 10.5 Å². The Balaban J connectivity index is 4.38.